The molecule has 0 saturated carbocycles. The Hall–Kier alpha value is -1.33. The number of aromatic nitrogens is 3. The van der Waals surface area contributed by atoms with E-state index in [0.29, 0.717) is 12.6 Å². The van der Waals surface area contributed by atoms with Crippen molar-refractivity contribution in [3.8, 4) is 0 Å². The smallest absolute Gasteiger partial charge is 0.155 e. The quantitative estimate of drug-likeness (QED) is 0.878. The van der Waals surface area contributed by atoms with Gasteiger partial charge in [-0.2, -0.15) is 5.10 Å². The van der Waals surface area contributed by atoms with E-state index in [-0.39, 0.29) is 0 Å². The standard InChI is InChI=1S/C15H20N4S/c1-20-13-7-3-2-5-11(13)9-14-17-15-8-4-6-12(10-16)19(15)18-14/h2-3,5,7,12H,4,6,8-10,16H2,1H3. The minimum atomic E-state index is 0.329. The lowest BCUT2D eigenvalue weighted by molar-refractivity contribution is 0.368. The van der Waals surface area contributed by atoms with Gasteiger partial charge >= 0.3 is 0 Å². The summed E-state index contributed by atoms with van der Waals surface area (Å²) in [6.45, 7) is 0.650. The largest absolute Gasteiger partial charge is 0.328 e. The van der Waals surface area contributed by atoms with Gasteiger partial charge in [-0.25, -0.2) is 9.67 Å². The van der Waals surface area contributed by atoms with Crippen LogP contribution < -0.4 is 5.73 Å². The molecule has 3 rings (SSSR count). The first kappa shape index (κ1) is 13.6. The lowest BCUT2D eigenvalue weighted by Crippen LogP contribution is -2.25. The Kier molecular flexibility index (Phi) is 4.08. The Balaban J connectivity index is 1.87. The van der Waals surface area contributed by atoms with E-state index in [9.17, 15) is 0 Å². The van der Waals surface area contributed by atoms with Crippen molar-refractivity contribution < 1.29 is 0 Å². The molecule has 1 aromatic heterocycles. The molecule has 0 bridgehead atoms. The van der Waals surface area contributed by atoms with Crippen LogP contribution in [0.2, 0.25) is 0 Å². The van der Waals surface area contributed by atoms with Crippen LogP contribution >= 0.6 is 11.8 Å². The van der Waals surface area contributed by atoms with E-state index in [4.69, 9.17) is 15.8 Å². The number of hydrogen-bond donors (Lipinski definition) is 1. The Morgan fingerprint density at radius 1 is 1.40 bits per heavy atom. The Bertz CT molecular complexity index is 593. The van der Waals surface area contributed by atoms with Gasteiger partial charge in [0.15, 0.2) is 5.82 Å². The SMILES string of the molecule is CSc1ccccc1Cc1nc2n(n1)C(CN)CCC2. The minimum absolute atomic E-state index is 0.329. The average molecular weight is 288 g/mol. The van der Waals surface area contributed by atoms with Crippen molar-refractivity contribution in [1.82, 2.24) is 14.8 Å². The summed E-state index contributed by atoms with van der Waals surface area (Å²) in [4.78, 5) is 6.01. The molecule has 2 heterocycles. The number of nitrogens with two attached hydrogens (primary N) is 1. The lowest BCUT2D eigenvalue weighted by atomic mass is 10.1. The zero-order valence-corrected chi connectivity index (χ0v) is 12.6. The molecule has 0 amide bonds. The van der Waals surface area contributed by atoms with Crippen LogP contribution in [0.3, 0.4) is 0 Å². The summed E-state index contributed by atoms with van der Waals surface area (Å²) in [5.41, 5.74) is 7.13. The molecule has 4 nitrogen and oxygen atoms in total. The number of nitrogens with zero attached hydrogens (tertiary/aromatic N) is 3. The fraction of sp³-hybridized carbons (Fsp3) is 0.467. The van der Waals surface area contributed by atoms with Crippen molar-refractivity contribution in [2.45, 2.75) is 36.6 Å². The Labute approximate surface area is 123 Å². The maximum absolute atomic E-state index is 5.83. The summed E-state index contributed by atoms with van der Waals surface area (Å²) >= 11 is 1.77. The van der Waals surface area contributed by atoms with Gasteiger partial charge in [0, 0.05) is 24.3 Å². The van der Waals surface area contributed by atoms with E-state index >= 15 is 0 Å². The maximum atomic E-state index is 5.83. The third-order valence-corrected chi connectivity index (χ3v) is 4.68. The molecule has 1 aliphatic heterocycles. The summed E-state index contributed by atoms with van der Waals surface area (Å²) in [5.74, 6) is 2.02. The molecule has 0 radical (unpaired) electrons. The summed E-state index contributed by atoms with van der Waals surface area (Å²) in [6, 6.07) is 8.79. The molecule has 0 spiro atoms. The van der Waals surface area contributed by atoms with Crippen molar-refractivity contribution in [2.75, 3.05) is 12.8 Å². The van der Waals surface area contributed by atoms with Crippen molar-refractivity contribution in [3.05, 3.63) is 41.5 Å². The van der Waals surface area contributed by atoms with Crippen LogP contribution in [0.15, 0.2) is 29.2 Å². The van der Waals surface area contributed by atoms with Gasteiger partial charge in [-0.1, -0.05) is 18.2 Å². The number of fused-ring (bicyclic) bond motifs is 1. The Morgan fingerprint density at radius 2 is 2.25 bits per heavy atom. The highest BCUT2D eigenvalue weighted by Crippen LogP contribution is 2.25. The molecule has 20 heavy (non-hydrogen) atoms. The molecule has 5 heteroatoms. The summed E-state index contributed by atoms with van der Waals surface area (Å²) < 4.78 is 2.06. The van der Waals surface area contributed by atoms with E-state index < -0.39 is 0 Å². The van der Waals surface area contributed by atoms with Gasteiger partial charge in [0.25, 0.3) is 0 Å². The average Bonchev–Trinajstić information content (AvgIpc) is 2.90. The molecule has 1 aliphatic rings. The van der Waals surface area contributed by atoms with Crippen LogP contribution in [-0.2, 0) is 12.8 Å². The highest BCUT2D eigenvalue weighted by molar-refractivity contribution is 7.98. The molecule has 106 valence electrons. The van der Waals surface area contributed by atoms with Crippen LogP contribution in [-0.4, -0.2) is 27.6 Å². The van der Waals surface area contributed by atoms with Gasteiger partial charge < -0.3 is 5.73 Å². The van der Waals surface area contributed by atoms with Gasteiger partial charge in [-0.3, -0.25) is 0 Å². The fourth-order valence-electron chi connectivity index (χ4n) is 2.80. The van der Waals surface area contributed by atoms with Gasteiger partial charge in [-0.15, -0.1) is 11.8 Å². The first-order chi connectivity index (χ1) is 9.81. The van der Waals surface area contributed by atoms with Gasteiger partial charge in [-0.05, 0) is 30.7 Å². The minimum Gasteiger partial charge on any atom is -0.328 e. The van der Waals surface area contributed by atoms with Crippen molar-refractivity contribution >= 4 is 11.8 Å². The highest BCUT2D eigenvalue weighted by Gasteiger charge is 2.22. The monoisotopic (exact) mass is 288 g/mol. The predicted octanol–water partition coefficient (Wildman–Crippen LogP) is 2.43. The van der Waals surface area contributed by atoms with Crippen LogP contribution in [0.1, 0.15) is 36.1 Å². The number of benzene rings is 1. The fourth-order valence-corrected chi connectivity index (χ4v) is 3.41. The van der Waals surface area contributed by atoms with Crippen molar-refractivity contribution in [1.29, 1.82) is 0 Å². The number of aryl methyl sites for hydroxylation is 1. The number of hydrogen-bond acceptors (Lipinski definition) is 4. The zero-order chi connectivity index (χ0) is 13.9. The van der Waals surface area contributed by atoms with Gasteiger partial charge in [0.2, 0.25) is 0 Å². The molecular weight excluding hydrogens is 268 g/mol. The topological polar surface area (TPSA) is 56.7 Å². The second-order valence-corrected chi connectivity index (χ2v) is 6.01. The molecule has 0 fully saturated rings. The maximum Gasteiger partial charge on any atom is 0.155 e. The van der Waals surface area contributed by atoms with E-state index in [2.05, 4.69) is 35.2 Å². The molecule has 2 N–H and O–H groups in total. The van der Waals surface area contributed by atoms with E-state index in [0.717, 1.165) is 30.9 Å². The number of thioether (sulfide) groups is 1. The van der Waals surface area contributed by atoms with Crippen molar-refractivity contribution in [3.63, 3.8) is 0 Å². The van der Waals surface area contributed by atoms with Crippen LogP contribution in [0, 0.1) is 0 Å². The van der Waals surface area contributed by atoms with Crippen LogP contribution in [0.25, 0.3) is 0 Å². The molecule has 1 aromatic carbocycles. The first-order valence-corrected chi connectivity index (χ1v) is 8.30. The predicted molar refractivity (Wildman–Crippen MR) is 82.1 cm³/mol. The third kappa shape index (κ3) is 2.60. The summed E-state index contributed by atoms with van der Waals surface area (Å²) in [6.07, 6.45) is 6.21. The summed E-state index contributed by atoms with van der Waals surface area (Å²) in [5, 5.41) is 4.69. The van der Waals surface area contributed by atoms with Crippen LogP contribution in [0.4, 0.5) is 0 Å². The first-order valence-electron chi connectivity index (χ1n) is 7.08. The highest BCUT2D eigenvalue weighted by atomic mass is 32.2. The Morgan fingerprint density at radius 3 is 3.05 bits per heavy atom. The molecule has 0 aliphatic carbocycles. The molecule has 1 atom stereocenters. The van der Waals surface area contributed by atoms with E-state index in [1.165, 1.54) is 16.9 Å². The lowest BCUT2D eigenvalue weighted by Gasteiger charge is -2.21. The van der Waals surface area contributed by atoms with Gasteiger partial charge in [0.05, 0.1) is 6.04 Å². The van der Waals surface area contributed by atoms with Crippen molar-refractivity contribution in [2.24, 2.45) is 5.73 Å². The molecule has 1 unspecified atom stereocenters. The second kappa shape index (κ2) is 5.97. The third-order valence-electron chi connectivity index (χ3n) is 3.84. The zero-order valence-electron chi connectivity index (χ0n) is 11.7. The molecule has 0 saturated heterocycles. The normalized spacial score (nSPS) is 18.0. The van der Waals surface area contributed by atoms with Crippen LogP contribution in [0.5, 0.6) is 0 Å². The van der Waals surface area contributed by atoms with Gasteiger partial charge in [0.1, 0.15) is 5.82 Å². The second-order valence-electron chi connectivity index (χ2n) is 5.16. The van der Waals surface area contributed by atoms with E-state index in [1.807, 2.05) is 0 Å². The molecule has 2 aromatic rings. The summed E-state index contributed by atoms with van der Waals surface area (Å²) in [7, 11) is 0. The molecular formula is C15H20N4S. The van der Waals surface area contributed by atoms with E-state index in [1.54, 1.807) is 11.8 Å². The number of rotatable bonds is 4.